The third-order valence-electron chi connectivity index (χ3n) is 7.26. The first-order valence-corrected chi connectivity index (χ1v) is 12.2. The van der Waals surface area contributed by atoms with Crippen LogP contribution >= 0.6 is 0 Å². The average Bonchev–Trinajstić information content (AvgIpc) is 3.27. The third kappa shape index (κ3) is 4.64. The van der Waals surface area contributed by atoms with Crippen molar-refractivity contribution < 1.29 is 4.74 Å². The van der Waals surface area contributed by atoms with Crippen molar-refractivity contribution in [3.05, 3.63) is 65.4 Å². The van der Waals surface area contributed by atoms with E-state index in [1.54, 1.807) is 16.9 Å². The molecule has 3 aromatic rings. The maximum atomic E-state index is 9.63. The van der Waals surface area contributed by atoms with Crippen LogP contribution in [0.5, 0.6) is 5.75 Å². The van der Waals surface area contributed by atoms with Crippen LogP contribution in [0.4, 0.5) is 0 Å². The minimum Gasteiger partial charge on any atom is -0.482 e. The molecule has 2 aliphatic rings. The first-order valence-electron chi connectivity index (χ1n) is 12.2. The smallest absolute Gasteiger partial charge is 0.148 e. The molecule has 35 heavy (non-hydrogen) atoms. The molecule has 1 atom stereocenters. The van der Waals surface area contributed by atoms with E-state index >= 15 is 0 Å². The van der Waals surface area contributed by atoms with Crippen molar-refractivity contribution in [2.75, 3.05) is 13.1 Å². The Morgan fingerprint density at radius 2 is 2.17 bits per heavy atom. The van der Waals surface area contributed by atoms with E-state index < -0.39 is 0 Å². The molecule has 0 aromatic carbocycles. The molecule has 5 rings (SSSR count). The first kappa shape index (κ1) is 23.1. The summed E-state index contributed by atoms with van der Waals surface area (Å²) in [4.78, 5) is 9.31. The third-order valence-corrected chi connectivity index (χ3v) is 7.26. The molecule has 0 radical (unpaired) electrons. The highest BCUT2D eigenvalue weighted by molar-refractivity contribution is 6.11. The summed E-state index contributed by atoms with van der Waals surface area (Å²) in [6.07, 6.45) is 11.5. The molecule has 180 valence electrons. The molecule has 1 aliphatic heterocycles. The van der Waals surface area contributed by atoms with Gasteiger partial charge in [0.25, 0.3) is 0 Å². The van der Waals surface area contributed by atoms with Gasteiger partial charge in [-0.3, -0.25) is 9.98 Å². The Hall–Kier alpha value is -3.70. The molecule has 1 saturated heterocycles. The van der Waals surface area contributed by atoms with Gasteiger partial charge < -0.3 is 15.8 Å². The number of allylic oxidation sites excluding steroid dienone is 2. The van der Waals surface area contributed by atoms with Gasteiger partial charge in [0.2, 0.25) is 0 Å². The molecule has 1 spiro atoms. The van der Waals surface area contributed by atoms with Crippen molar-refractivity contribution in [3.8, 4) is 11.8 Å². The number of nitriles is 1. The first-order chi connectivity index (χ1) is 17.0. The number of ether oxygens (including phenoxy) is 1. The molecule has 4 heterocycles. The summed E-state index contributed by atoms with van der Waals surface area (Å²) in [6.45, 7) is 6.03. The van der Waals surface area contributed by atoms with Gasteiger partial charge in [0.05, 0.1) is 17.9 Å². The molecule has 1 unspecified atom stereocenters. The Kier molecular flexibility index (Phi) is 6.27. The van der Waals surface area contributed by atoms with Crippen LogP contribution in [0.25, 0.3) is 11.1 Å². The van der Waals surface area contributed by atoms with Gasteiger partial charge in [-0.1, -0.05) is 6.07 Å². The lowest BCUT2D eigenvalue weighted by atomic mass is 9.61. The maximum absolute atomic E-state index is 9.63. The zero-order valence-corrected chi connectivity index (χ0v) is 20.2. The van der Waals surface area contributed by atoms with Crippen molar-refractivity contribution in [2.24, 2.45) is 16.1 Å². The van der Waals surface area contributed by atoms with Gasteiger partial charge in [0.1, 0.15) is 29.0 Å². The second kappa shape index (κ2) is 9.51. The largest absolute Gasteiger partial charge is 0.482 e. The summed E-state index contributed by atoms with van der Waals surface area (Å²) in [5.41, 5.74) is 11.0. The van der Waals surface area contributed by atoms with Crippen LogP contribution in [0.15, 0.2) is 53.5 Å². The highest BCUT2D eigenvalue weighted by atomic mass is 16.5. The van der Waals surface area contributed by atoms with Gasteiger partial charge in [-0.15, -0.1) is 0 Å². The number of aliphatic imine (C=N–C) groups is 1. The number of aromatic nitrogens is 3. The summed E-state index contributed by atoms with van der Waals surface area (Å²) in [7, 11) is 0. The molecule has 0 bridgehead atoms. The lowest BCUT2D eigenvalue weighted by molar-refractivity contribution is 0.0648. The normalized spacial score (nSPS) is 19.3. The Morgan fingerprint density at radius 1 is 1.37 bits per heavy atom. The molecular weight excluding hydrogens is 438 g/mol. The van der Waals surface area contributed by atoms with Crippen molar-refractivity contribution in [2.45, 2.75) is 51.7 Å². The molecule has 1 aliphatic carbocycles. The van der Waals surface area contributed by atoms with E-state index in [9.17, 15) is 5.26 Å². The molecule has 0 amide bonds. The van der Waals surface area contributed by atoms with Crippen LogP contribution in [0.2, 0.25) is 0 Å². The second-order valence-electron chi connectivity index (χ2n) is 9.76. The summed E-state index contributed by atoms with van der Waals surface area (Å²) in [5, 5.41) is 17.5. The van der Waals surface area contributed by atoms with Crippen LogP contribution < -0.4 is 15.8 Å². The molecule has 1 saturated carbocycles. The van der Waals surface area contributed by atoms with E-state index in [0.29, 0.717) is 34.0 Å². The molecule has 3 aromatic heterocycles. The van der Waals surface area contributed by atoms with E-state index in [2.05, 4.69) is 21.5 Å². The zero-order chi connectivity index (χ0) is 24.4. The van der Waals surface area contributed by atoms with E-state index in [1.807, 2.05) is 50.5 Å². The van der Waals surface area contributed by atoms with E-state index in [4.69, 9.17) is 15.5 Å². The summed E-state index contributed by atoms with van der Waals surface area (Å²) in [5.74, 6) is 0.555. The molecule has 2 fully saturated rings. The quantitative estimate of drug-likeness (QED) is 0.527. The van der Waals surface area contributed by atoms with Crippen LogP contribution in [0.3, 0.4) is 0 Å². The number of fused-ring (bicyclic) bond motifs is 1. The van der Waals surface area contributed by atoms with E-state index in [-0.39, 0.29) is 6.10 Å². The zero-order valence-electron chi connectivity index (χ0n) is 20.2. The summed E-state index contributed by atoms with van der Waals surface area (Å²) >= 11 is 0. The van der Waals surface area contributed by atoms with Crippen molar-refractivity contribution >= 4 is 17.3 Å². The standard InChI is InChI=1S/C27H31N7O/c1-18(29)23(16-32-22-12-27(13-22)6-9-30-10-7-27)20-11-25(26-21(14-28)15-33-34(26)17-20)35-19(2)24-5-3-4-8-31-24/h3-5,8,11,15-17,19,22,30H,6-7,9-10,12-13,29H2,1-2H3/b23-18+,32-16?. The summed E-state index contributed by atoms with van der Waals surface area (Å²) in [6, 6.07) is 10.2. The van der Waals surface area contributed by atoms with Gasteiger partial charge in [-0.2, -0.15) is 10.4 Å². The number of pyridine rings is 2. The van der Waals surface area contributed by atoms with E-state index in [1.165, 1.54) is 12.8 Å². The van der Waals surface area contributed by atoms with Gasteiger partial charge in [0.15, 0.2) is 0 Å². The Labute approximate surface area is 205 Å². The fourth-order valence-electron chi connectivity index (χ4n) is 5.27. The Bertz CT molecular complexity index is 1300. The minimum absolute atomic E-state index is 0.312. The lowest BCUT2D eigenvalue weighted by Crippen LogP contribution is -2.47. The van der Waals surface area contributed by atoms with Crippen molar-refractivity contribution in [1.29, 1.82) is 5.26 Å². The Morgan fingerprint density at radius 3 is 2.86 bits per heavy atom. The lowest BCUT2D eigenvalue weighted by Gasteiger charge is -2.48. The Balaban J connectivity index is 1.44. The highest BCUT2D eigenvalue weighted by Crippen LogP contribution is 2.49. The van der Waals surface area contributed by atoms with Crippen LogP contribution in [-0.2, 0) is 0 Å². The topological polar surface area (TPSA) is 114 Å². The molecule has 3 N–H and O–H groups in total. The molecule has 8 nitrogen and oxygen atoms in total. The predicted molar refractivity (Wildman–Crippen MR) is 136 cm³/mol. The fourth-order valence-corrected chi connectivity index (χ4v) is 5.27. The van der Waals surface area contributed by atoms with Gasteiger partial charge in [0, 0.05) is 35.4 Å². The van der Waals surface area contributed by atoms with Crippen LogP contribution in [0.1, 0.15) is 62.5 Å². The average molecular weight is 470 g/mol. The highest BCUT2D eigenvalue weighted by Gasteiger charge is 2.44. The van der Waals surface area contributed by atoms with Gasteiger partial charge in [-0.25, -0.2) is 4.52 Å². The minimum atomic E-state index is -0.312. The number of piperidine rings is 1. The number of nitrogens with one attached hydrogen (secondary N) is 1. The summed E-state index contributed by atoms with van der Waals surface area (Å²) < 4.78 is 8.01. The number of nitrogens with two attached hydrogens (primary N) is 1. The van der Waals surface area contributed by atoms with Gasteiger partial charge >= 0.3 is 0 Å². The number of hydrogen-bond donors (Lipinski definition) is 2. The fraction of sp³-hybridized carbons (Fsp3) is 0.407. The van der Waals surface area contributed by atoms with Crippen LogP contribution in [-0.4, -0.2) is 39.9 Å². The number of nitrogens with zero attached hydrogens (tertiary/aromatic N) is 5. The van der Waals surface area contributed by atoms with Gasteiger partial charge in [-0.05, 0) is 76.2 Å². The molecule has 8 heteroatoms. The van der Waals surface area contributed by atoms with Crippen molar-refractivity contribution in [1.82, 2.24) is 19.9 Å². The maximum Gasteiger partial charge on any atom is 0.148 e. The SMILES string of the molecule is C/C(N)=C(/C=NC1CC2(CCNCC2)C1)c1cc(OC(C)c2ccccn2)c2c(C#N)cnn2c1. The number of rotatable bonds is 6. The van der Waals surface area contributed by atoms with E-state index in [0.717, 1.165) is 42.8 Å². The second-order valence-corrected chi connectivity index (χ2v) is 9.76. The van der Waals surface area contributed by atoms with Crippen molar-refractivity contribution in [3.63, 3.8) is 0 Å². The number of hydrogen-bond acceptors (Lipinski definition) is 7. The predicted octanol–water partition coefficient (Wildman–Crippen LogP) is 4.03. The van der Waals surface area contributed by atoms with Crippen LogP contribution in [0, 0.1) is 16.7 Å². The molecular formula is C27H31N7O. The monoisotopic (exact) mass is 469 g/mol.